The molecule has 6 nitrogen and oxygen atoms in total. The lowest BCUT2D eigenvalue weighted by molar-refractivity contribution is -0.132. The summed E-state index contributed by atoms with van der Waals surface area (Å²) in [6, 6.07) is 18.1. The number of anilines is 1. The number of fused-ring (bicyclic) bond motifs is 1. The van der Waals surface area contributed by atoms with E-state index in [0.29, 0.717) is 17.0 Å². The van der Waals surface area contributed by atoms with Gasteiger partial charge in [0.05, 0.1) is 18.7 Å². The summed E-state index contributed by atoms with van der Waals surface area (Å²) in [4.78, 5) is 28.7. The molecule has 0 radical (unpaired) electrons. The Morgan fingerprint density at radius 1 is 0.944 bits per heavy atom. The fourth-order valence-electron chi connectivity index (χ4n) is 5.25. The van der Waals surface area contributed by atoms with Crippen molar-refractivity contribution in [1.82, 2.24) is 4.57 Å². The third-order valence-electron chi connectivity index (χ3n) is 6.84. The number of aliphatic hydroxyl groups is 1. The molecule has 1 N–H and O–H groups in total. The van der Waals surface area contributed by atoms with E-state index in [1.165, 1.54) is 4.90 Å². The number of ketones is 1. The maximum atomic E-state index is 13.6. The van der Waals surface area contributed by atoms with E-state index in [-0.39, 0.29) is 11.3 Å². The monoisotopic (exact) mass is 480 g/mol. The Bertz CT molecular complexity index is 1560. The first-order valence-electron chi connectivity index (χ1n) is 11.8. The number of carbonyl (C=O) groups is 2. The van der Waals surface area contributed by atoms with Crippen molar-refractivity contribution < 1.29 is 19.4 Å². The molecule has 1 aliphatic rings. The van der Waals surface area contributed by atoms with Crippen LogP contribution < -0.4 is 9.64 Å². The SMILES string of the molecule is COc1ccc(/C(O)=C2\C(=O)C(=O)N(c3cc(C)cc(C)c3)C2c2cn(C)c3ccccc23)c(C)c1. The summed E-state index contributed by atoms with van der Waals surface area (Å²) in [6.45, 7) is 5.76. The zero-order valence-corrected chi connectivity index (χ0v) is 21.0. The summed E-state index contributed by atoms with van der Waals surface area (Å²) >= 11 is 0. The first-order chi connectivity index (χ1) is 17.2. The quantitative estimate of drug-likeness (QED) is 0.230. The van der Waals surface area contributed by atoms with Gasteiger partial charge in [0.25, 0.3) is 11.7 Å². The van der Waals surface area contributed by atoms with Crippen LogP contribution in [0.25, 0.3) is 16.7 Å². The van der Waals surface area contributed by atoms with Gasteiger partial charge in [0.15, 0.2) is 0 Å². The van der Waals surface area contributed by atoms with Crippen LogP contribution in [0.5, 0.6) is 5.75 Å². The van der Waals surface area contributed by atoms with Crippen LogP contribution in [0.1, 0.15) is 33.9 Å². The van der Waals surface area contributed by atoms with E-state index in [0.717, 1.165) is 33.2 Å². The van der Waals surface area contributed by atoms with E-state index in [1.807, 2.05) is 81.0 Å². The average molecular weight is 481 g/mol. The minimum absolute atomic E-state index is 0.0729. The van der Waals surface area contributed by atoms with E-state index in [1.54, 1.807) is 25.3 Å². The lowest BCUT2D eigenvalue weighted by Crippen LogP contribution is -2.29. The average Bonchev–Trinajstić information content (AvgIpc) is 3.31. The number of para-hydroxylation sites is 1. The fourth-order valence-corrected chi connectivity index (χ4v) is 5.25. The van der Waals surface area contributed by atoms with Crippen molar-refractivity contribution in [1.29, 1.82) is 0 Å². The third kappa shape index (κ3) is 3.66. The highest BCUT2D eigenvalue weighted by Gasteiger charge is 2.48. The molecule has 6 heteroatoms. The van der Waals surface area contributed by atoms with Crippen LogP contribution in [0.2, 0.25) is 0 Å². The van der Waals surface area contributed by atoms with Gasteiger partial charge in [-0.15, -0.1) is 0 Å². The van der Waals surface area contributed by atoms with Crippen LogP contribution in [-0.4, -0.2) is 28.5 Å². The molecule has 0 saturated carbocycles. The number of aromatic nitrogens is 1. The van der Waals surface area contributed by atoms with Gasteiger partial charge in [-0.1, -0.05) is 24.3 Å². The first kappa shape index (κ1) is 23.4. The Morgan fingerprint density at radius 3 is 2.31 bits per heavy atom. The molecular formula is C30H28N2O4. The number of hydrogen-bond donors (Lipinski definition) is 1. The number of methoxy groups -OCH3 is 1. The zero-order chi connectivity index (χ0) is 25.7. The molecule has 1 aromatic heterocycles. The largest absolute Gasteiger partial charge is 0.507 e. The fraction of sp³-hybridized carbons (Fsp3) is 0.200. The molecule has 36 heavy (non-hydrogen) atoms. The normalized spacial score (nSPS) is 17.2. The minimum atomic E-state index is -0.793. The molecule has 0 bridgehead atoms. The summed E-state index contributed by atoms with van der Waals surface area (Å²) in [5.74, 6) is -0.922. The van der Waals surface area contributed by atoms with Crippen LogP contribution in [-0.2, 0) is 16.6 Å². The van der Waals surface area contributed by atoms with Crippen LogP contribution in [0.3, 0.4) is 0 Å². The number of rotatable bonds is 4. The van der Waals surface area contributed by atoms with Crippen LogP contribution >= 0.6 is 0 Å². The number of benzene rings is 3. The zero-order valence-electron chi connectivity index (χ0n) is 21.0. The molecule has 1 atom stereocenters. The summed E-state index contributed by atoms with van der Waals surface area (Å²) < 4.78 is 7.28. The summed E-state index contributed by atoms with van der Waals surface area (Å²) in [6.07, 6.45) is 1.94. The number of hydrogen-bond acceptors (Lipinski definition) is 4. The van der Waals surface area contributed by atoms with Crippen molar-refractivity contribution in [2.75, 3.05) is 12.0 Å². The molecule has 4 aromatic rings. The molecule has 0 spiro atoms. The van der Waals surface area contributed by atoms with E-state index < -0.39 is 17.7 Å². The van der Waals surface area contributed by atoms with Crippen molar-refractivity contribution in [3.8, 4) is 5.75 Å². The minimum Gasteiger partial charge on any atom is -0.507 e. The van der Waals surface area contributed by atoms with Gasteiger partial charge >= 0.3 is 0 Å². The standard InChI is InChI=1S/C30H28N2O4/c1-17-12-18(2)14-20(13-17)32-27(24-16-31(4)25-9-7-6-8-23(24)25)26(29(34)30(32)35)28(33)22-11-10-21(36-5)15-19(22)3/h6-16,27,33H,1-5H3/b28-26+. The molecule has 0 aliphatic carbocycles. The highest BCUT2D eigenvalue weighted by Crippen LogP contribution is 2.45. The number of aryl methyl sites for hydroxylation is 4. The Morgan fingerprint density at radius 2 is 1.64 bits per heavy atom. The van der Waals surface area contributed by atoms with Gasteiger partial charge < -0.3 is 14.4 Å². The van der Waals surface area contributed by atoms with Crippen molar-refractivity contribution in [2.45, 2.75) is 26.8 Å². The molecule has 1 unspecified atom stereocenters. The van der Waals surface area contributed by atoms with E-state index >= 15 is 0 Å². The summed E-state index contributed by atoms with van der Waals surface area (Å²) in [7, 11) is 3.51. The van der Waals surface area contributed by atoms with E-state index in [2.05, 4.69) is 0 Å². The number of ether oxygens (including phenoxy) is 1. The third-order valence-corrected chi connectivity index (χ3v) is 6.84. The second-order valence-electron chi connectivity index (χ2n) is 9.41. The smallest absolute Gasteiger partial charge is 0.300 e. The van der Waals surface area contributed by atoms with Crippen molar-refractivity contribution in [3.05, 3.63) is 100 Å². The molecule has 1 aliphatic heterocycles. The Kier molecular flexibility index (Phi) is 5.67. The topological polar surface area (TPSA) is 71.8 Å². The van der Waals surface area contributed by atoms with Gasteiger partial charge in [-0.2, -0.15) is 0 Å². The molecule has 182 valence electrons. The van der Waals surface area contributed by atoms with Crippen LogP contribution in [0, 0.1) is 20.8 Å². The van der Waals surface area contributed by atoms with Crippen LogP contribution in [0.15, 0.2) is 72.4 Å². The second kappa shape index (κ2) is 8.72. The van der Waals surface area contributed by atoms with Gasteiger partial charge in [0.1, 0.15) is 11.5 Å². The number of nitrogens with zero attached hydrogens (tertiary/aromatic N) is 2. The predicted molar refractivity (Wildman–Crippen MR) is 141 cm³/mol. The number of aliphatic hydroxyl groups excluding tert-OH is 1. The number of carbonyl (C=O) groups excluding carboxylic acids is 2. The van der Waals surface area contributed by atoms with E-state index in [4.69, 9.17) is 4.74 Å². The van der Waals surface area contributed by atoms with Gasteiger partial charge in [-0.05, 0) is 73.9 Å². The molecule has 1 amide bonds. The predicted octanol–water partition coefficient (Wildman–Crippen LogP) is 5.74. The lowest BCUT2D eigenvalue weighted by atomic mass is 9.93. The van der Waals surface area contributed by atoms with Gasteiger partial charge in [-0.3, -0.25) is 14.5 Å². The number of amides is 1. The number of Topliss-reactive ketones (excluding diaryl/α,β-unsaturated/α-hetero) is 1. The molecular weight excluding hydrogens is 452 g/mol. The lowest BCUT2D eigenvalue weighted by Gasteiger charge is -2.26. The Hall–Kier alpha value is -4.32. The van der Waals surface area contributed by atoms with E-state index in [9.17, 15) is 14.7 Å². The van der Waals surface area contributed by atoms with Crippen molar-refractivity contribution in [2.24, 2.45) is 7.05 Å². The molecule has 3 aromatic carbocycles. The highest BCUT2D eigenvalue weighted by molar-refractivity contribution is 6.52. The van der Waals surface area contributed by atoms with Gasteiger partial charge in [0.2, 0.25) is 0 Å². The molecule has 2 heterocycles. The summed E-state index contributed by atoms with van der Waals surface area (Å²) in [5.41, 5.74) is 5.63. The second-order valence-corrected chi connectivity index (χ2v) is 9.41. The maximum Gasteiger partial charge on any atom is 0.300 e. The highest BCUT2D eigenvalue weighted by atomic mass is 16.5. The van der Waals surface area contributed by atoms with Gasteiger partial charge in [-0.25, -0.2) is 0 Å². The molecule has 5 rings (SSSR count). The van der Waals surface area contributed by atoms with Crippen molar-refractivity contribution >= 4 is 34.0 Å². The maximum absolute atomic E-state index is 13.6. The van der Waals surface area contributed by atoms with Crippen molar-refractivity contribution in [3.63, 3.8) is 0 Å². The summed E-state index contributed by atoms with van der Waals surface area (Å²) in [5, 5.41) is 12.5. The Labute approximate surface area is 210 Å². The molecule has 1 fully saturated rings. The van der Waals surface area contributed by atoms with Gasteiger partial charge in [0, 0.05) is 41.0 Å². The van der Waals surface area contributed by atoms with Crippen LogP contribution in [0.4, 0.5) is 5.69 Å². The molecule has 1 saturated heterocycles. The Balaban J connectivity index is 1.82. The first-order valence-corrected chi connectivity index (χ1v) is 11.8.